The van der Waals surface area contributed by atoms with Crippen molar-refractivity contribution in [2.45, 2.75) is 26.8 Å². The molecule has 3 rings (SSSR count). The van der Waals surface area contributed by atoms with E-state index in [4.69, 9.17) is 4.74 Å². The number of nitrogens with zero attached hydrogens (tertiary/aromatic N) is 3. The van der Waals surface area contributed by atoms with Crippen LogP contribution < -0.4 is 10.1 Å². The van der Waals surface area contributed by atoms with E-state index in [1.807, 2.05) is 42.9 Å². The molecule has 1 atom stereocenters. The maximum Gasteiger partial charge on any atom is 0.261 e. The van der Waals surface area contributed by atoms with Crippen LogP contribution >= 0.6 is 11.3 Å². The van der Waals surface area contributed by atoms with Gasteiger partial charge in [0.2, 0.25) is 0 Å². The number of hydrogen-bond donors (Lipinski definition) is 1. The molecule has 0 radical (unpaired) electrons. The van der Waals surface area contributed by atoms with Crippen molar-refractivity contribution in [3.63, 3.8) is 0 Å². The van der Waals surface area contributed by atoms with Gasteiger partial charge in [0.25, 0.3) is 5.91 Å². The van der Waals surface area contributed by atoms with Crippen molar-refractivity contribution >= 4 is 27.5 Å². The van der Waals surface area contributed by atoms with Gasteiger partial charge in [-0.25, -0.2) is 0 Å². The number of carbonyl (C=O) groups is 1. The highest BCUT2D eigenvalue weighted by Gasteiger charge is 2.21. The van der Waals surface area contributed by atoms with Crippen molar-refractivity contribution in [2.75, 3.05) is 26.7 Å². The van der Waals surface area contributed by atoms with Gasteiger partial charge in [-0.05, 0) is 43.8 Å². The zero-order chi connectivity index (χ0) is 20.3. The summed E-state index contributed by atoms with van der Waals surface area (Å²) in [5.74, 6) is 0.786. The average Bonchev–Trinajstić information content (AvgIpc) is 3.26. The molecule has 0 bridgehead atoms. The number of likely N-dealkylation sites (N-methyl/N-ethyl adjacent to an activating group) is 1. The quantitative estimate of drug-likeness (QED) is 0.625. The summed E-state index contributed by atoms with van der Waals surface area (Å²) >= 11 is 1.48. The van der Waals surface area contributed by atoms with Crippen molar-refractivity contribution in [3.8, 4) is 5.75 Å². The van der Waals surface area contributed by atoms with E-state index in [2.05, 4.69) is 35.2 Å². The first-order chi connectivity index (χ1) is 13.5. The molecule has 1 unspecified atom stereocenters. The van der Waals surface area contributed by atoms with Gasteiger partial charge in [0.05, 0.1) is 23.7 Å². The smallest absolute Gasteiger partial charge is 0.261 e. The summed E-state index contributed by atoms with van der Waals surface area (Å²) in [4.78, 5) is 16.9. The van der Waals surface area contributed by atoms with Crippen LogP contribution in [0.15, 0.2) is 30.3 Å². The van der Waals surface area contributed by atoms with Gasteiger partial charge in [-0.2, -0.15) is 5.10 Å². The number of amides is 1. The van der Waals surface area contributed by atoms with Crippen LogP contribution in [0.2, 0.25) is 0 Å². The Kier molecular flexibility index (Phi) is 6.36. The summed E-state index contributed by atoms with van der Waals surface area (Å²) in [6.45, 7) is 8.60. The molecule has 0 spiro atoms. The lowest BCUT2D eigenvalue weighted by Crippen LogP contribution is -2.37. The lowest BCUT2D eigenvalue weighted by molar-refractivity contribution is 0.0939. The molecular weight excluding hydrogens is 372 g/mol. The molecule has 0 aliphatic carbocycles. The normalized spacial score (nSPS) is 12.5. The largest absolute Gasteiger partial charge is 0.497 e. The van der Waals surface area contributed by atoms with Crippen LogP contribution in [0.3, 0.4) is 0 Å². The third kappa shape index (κ3) is 4.05. The number of rotatable bonds is 8. The Bertz CT molecular complexity index is 924. The second-order valence-electron chi connectivity index (χ2n) is 6.76. The molecule has 0 saturated carbocycles. The number of benzene rings is 1. The molecule has 0 aliphatic rings. The Balaban J connectivity index is 1.79. The fourth-order valence-electron chi connectivity index (χ4n) is 3.56. The van der Waals surface area contributed by atoms with E-state index < -0.39 is 0 Å². The highest BCUT2D eigenvalue weighted by molar-refractivity contribution is 7.20. The summed E-state index contributed by atoms with van der Waals surface area (Å²) in [5.41, 5.74) is 2.09. The lowest BCUT2D eigenvalue weighted by Gasteiger charge is -2.30. The maximum absolute atomic E-state index is 12.8. The van der Waals surface area contributed by atoms with Gasteiger partial charge in [0.1, 0.15) is 10.6 Å². The molecule has 0 saturated heterocycles. The van der Waals surface area contributed by atoms with Crippen molar-refractivity contribution in [2.24, 2.45) is 7.05 Å². The fourth-order valence-corrected chi connectivity index (χ4v) is 4.60. The van der Waals surface area contributed by atoms with Gasteiger partial charge in [0, 0.05) is 19.0 Å². The van der Waals surface area contributed by atoms with E-state index in [1.54, 1.807) is 7.11 Å². The van der Waals surface area contributed by atoms with E-state index in [0.717, 1.165) is 45.2 Å². The number of methoxy groups -OCH3 is 1. The van der Waals surface area contributed by atoms with E-state index >= 15 is 0 Å². The standard InChI is InChI=1S/C21H28N4O2S/c1-6-25(7-2)18(15-9-8-10-16(11-15)27-5)13-22-20(26)19-12-17-14(3)23-24(4)21(17)28-19/h8-12,18H,6-7,13H2,1-5H3,(H,22,26). The minimum absolute atomic E-state index is 0.0411. The molecular formula is C21H28N4O2S. The molecule has 6 nitrogen and oxygen atoms in total. The summed E-state index contributed by atoms with van der Waals surface area (Å²) in [5, 5.41) is 8.58. The van der Waals surface area contributed by atoms with Crippen LogP contribution in [0, 0.1) is 6.92 Å². The maximum atomic E-state index is 12.8. The summed E-state index contributed by atoms with van der Waals surface area (Å²) in [6.07, 6.45) is 0. The van der Waals surface area contributed by atoms with Gasteiger partial charge >= 0.3 is 0 Å². The van der Waals surface area contributed by atoms with Gasteiger partial charge < -0.3 is 10.1 Å². The van der Waals surface area contributed by atoms with Crippen LogP contribution in [0.25, 0.3) is 10.2 Å². The second kappa shape index (κ2) is 8.75. The first kappa shape index (κ1) is 20.4. The number of fused-ring (bicyclic) bond motifs is 1. The predicted molar refractivity (Wildman–Crippen MR) is 114 cm³/mol. The average molecular weight is 401 g/mol. The SMILES string of the molecule is CCN(CC)C(CNC(=O)c1cc2c(C)nn(C)c2s1)c1cccc(OC)c1. The summed E-state index contributed by atoms with van der Waals surface area (Å²) < 4.78 is 7.22. The molecule has 1 N–H and O–H groups in total. The van der Waals surface area contributed by atoms with Crippen molar-refractivity contribution < 1.29 is 9.53 Å². The minimum atomic E-state index is -0.0411. The number of carbonyl (C=O) groups excluding carboxylic acids is 1. The summed E-state index contributed by atoms with van der Waals surface area (Å²) in [6, 6.07) is 10.1. The number of aryl methyl sites for hydroxylation is 2. The highest BCUT2D eigenvalue weighted by Crippen LogP contribution is 2.28. The van der Waals surface area contributed by atoms with Crippen LogP contribution in [0.5, 0.6) is 5.75 Å². The molecule has 0 aliphatic heterocycles. The topological polar surface area (TPSA) is 59.4 Å². The Morgan fingerprint density at radius 2 is 2.07 bits per heavy atom. The number of hydrogen-bond acceptors (Lipinski definition) is 5. The third-order valence-corrected chi connectivity index (χ3v) is 6.31. The van der Waals surface area contributed by atoms with Crippen LogP contribution in [-0.4, -0.2) is 47.3 Å². The number of thiophene rings is 1. The summed E-state index contributed by atoms with van der Waals surface area (Å²) in [7, 11) is 3.58. The molecule has 1 aromatic carbocycles. The number of ether oxygens (including phenoxy) is 1. The molecule has 150 valence electrons. The van der Waals surface area contributed by atoms with Gasteiger partial charge in [-0.1, -0.05) is 26.0 Å². The molecule has 28 heavy (non-hydrogen) atoms. The Labute approximate surface area is 170 Å². The minimum Gasteiger partial charge on any atom is -0.497 e. The molecule has 2 heterocycles. The predicted octanol–water partition coefficient (Wildman–Crippen LogP) is 3.76. The Morgan fingerprint density at radius 1 is 1.32 bits per heavy atom. The van der Waals surface area contributed by atoms with Gasteiger partial charge in [-0.3, -0.25) is 14.4 Å². The zero-order valence-corrected chi connectivity index (χ0v) is 18.0. The molecule has 0 fully saturated rings. The lowest BCUT2D eigenvalue weighted by atomic mass is 10.0. The van der Waals surface area contributed by atoms with Crippen molar-refractivity contribution in [1.82, 2.24) is 20.0 Å². The Morgan fingerprint density at radius 3 is 2.71 bits per heavy atom. The molecule has 2 aromatic heterocycles. The van der Waals surface area contributed by atoms with Crippen molar-refractivity contribution in [1.29, 1.82) is 0 Å². The van der Waals surface area contributed by atoms with Crippen LogP contribution in [0.1, 0.15) is 40.8 Å². The van der Waals surface area contributed by atoms with E-state index in [0.29, 0.717) is 6.54 Å². The van der Waals surface area contributed by atoms with E-state index in [1.165, 1.54) is 11.3 Å². The Hall–Kier alpha value is -2.38. The van der Waals surface area contributed by atoms with Gasteiger partial charge in [0.15, 0.2) is 0 Å². The molecule has 3 aromatic rings. The first-order valence-corrected chi connectivity index (χ1v) is 10.4. The highest BCUT2D eigenvalue weighted by atomic mass is 32.1. The van der Waals surface area contributed by atoms with E-state index in [-0.39, 0.29) is 11.9 Å². The van der Waals surface area contributed by atoms with Gasteiger partial charge in [-0.15, -0.1) is 11.3 Å². The number of nitrogens with one attached hydrogen (secondary N) is 1. The third-order valence-electron chi connectivity index (χ3n) is 5.11. The van der Waals surface area contributed by atoms with E-state index in [9.17, 15) is 4.79 Å². The zero-order valence-electron chi connectivity index (χ0n) is 17.2. The monoisotopic (exact) mass is 400 g/mol. The van der Waals surface area contributed by atoms with Crippen LogP contribution in [-0.2, 0) is 7.05 Å². The second-order valence-corrected chi connectivity index (χ2v) is 7.79. The fraction of sp³-hybridized carbons (Fsp3) is 0.429. The number of aromatic nitrogens is 2. The first-order valence-electron chi connectivity index (χ1n) is 9.57. The van der Waals surface area contributed by atoms with Crippen LogP contribution in [0.4, 0.5) is 0 Å². The molecule has 7 heteroatoms. The van der Waals surface area contributed by atoms with Crippen molar-refractivity contribution in [3.05, 3.63) is 46.5 Å². The molecule has 1 amide bonds.